The lowest BCUT2D eigenvalue weighted by Gasteiger charge is -2.19. The highest BCUT2D eigenvalue weighted by Gasteiger charge is 2.17. The van der Waals surface area contributed by atoms with Crippen molar-refractivity contribution >= 4 is 6.29 Å². The number of aldehydes is 1. The molecule has 3 nitrogen and oxygen atoms in total. The molecule has 0 saturated carbocycles. The van der Waals surface area contributed by atoms with Gasteiger partial charge < -0.3 is 9.47 Å². The molecule has 1 unspecified atom stereocenters. The second-order valence-corrected chi connectivity index (χ2v) is 4.36. The number of allylic oxidation sites excluding steroid dienone is 3. The highest BCUT2D eigenvalue weighted by Crippen LogP contribution is 2.31. The van der Waals surface area contributed by atoms with Crippen LogP contribution in [0.25, 0.3) is 0 Å². The minimum Gasteiger partial charge on any atom is -0.496 e. The fourth-order valence-electron chi connectivity index (χ4n) is 2.23. The van der Waals surface area contributed by atoms with Gasteiger partial charge in [-0.05, 0) is 37.1 Å². The second-order valence-electron chi connectivity index (χ2n) is 4.36. The molecule has 0 aliphatic heterocycles. The molecule has 0 bridgehead atoms. The SMILES string of the molecule is CCOc1cccc(C2C=C(OC)C(C=O)=CC2)c1. The zero-order valence-corrected chi connectivity index (χ0v) is 11.3. The molecule has 0 aromatic heterocycles. The zero-order valence-electron chi connectivity index (χ0n) is 11.3. The number of hydrogen-bond acceptors (Lipinski definition) is 3. The first kappa shape index (κ1) is 13.4. The van der Waals surface area contributed by atoms with Crippen LogP contribution in [0.3, 0.4) is 0 Å². The van der Waals surface area contributed by atoms with Crippen molar-refractivity contribution in [1.29, 1.82) is 0 Å². The van der Waals surface area contributed by atoms with Crippen molar-refractivity contribution in [2.24, 2.45) is 0 Å². The Labute approximate surface area is 113 Å². The van der Waals surface area contributed by atoms with E-state index in [9.17, 15) is 4.79 Å². The van der Waals surface area contributed by atoms with Crippen LogP contribution in [0, 0.1) is 0 Å². The van der Waals surface area contributed by atoms with E-state index in [4.69, 9.17) is 9.47 Å². The van der Waals surface area contributed by atoms with E-state index >= 15 is 0 Å². The Hall–Kier alpha value is -2.03. The summed E-state index contributed by atoms with van der Waals surface area (Å²) in [6.07, 6.45) is 5.55. The van der Waals surface area contributed by atoms with Crippen LogP contribution in [-0.2, 0) is 9.53 Å². The van der Waals surface area contributed by atoms with Crippen LogP contribution in [0.4, 0.5) is 0 Å². The van der Waals surface area contributed by atoms with Gasteiger partial charge in [-0.1, -0.05) is 18.2 Å². The molecule has 1 atom stereocenters. The summed E-state index contributed by atoms with van der Waals surface area (Å²) in [6, 6.07) is 8.04. The van der Waals surface area contributed by atoms with Crippen molar-refractivity contribution in [3.8, 4) is 5.75 Å². The standard InChI is InChI=1S/C16H18O3/c1-3-19-15-6-4-5-12(9-15)13-7-8-14(11-17)16(10-13)18-2/h4-6,8-11,13H,3,7H2,1-2H3. The number of carbonyl (C=O) groups is 1. The van der Waals surface area contributed by atoms with Gasteiger partial charge in [-0.2, -0.15) is 0 Å². The minimum atomic E-state index is 0.221. The number of rotatable bonds is 5. The number of ether oxygens (including phenoxy) is 2. The van der Waals surface area contributed by atoms with Gasteiger partial charge in [-0.3, -0.25) is 4.79 Å². The molecule has 0 N–H and O–H groups in total. The van der Waals surface area contributed by atoms with Gasteiger partial charge in [0.25, 0.3) is 0 Å². The van der Waals surface area contributed by atoms with E-state index in [0.717, 1.165) is 18.5 Å². The summed E-state index contributed by atoms with van der Waals surface area (Å²) in [5, 5.41) is 0. The second kappa shape index (κ2) is 6.23. The van der Waals surface area contributed by atoms with Crippen molar-refractivity contribution in [2.75, 3.05) is 13.7 Å². The molecular formula is C16H18O3. The van der Waals surface area contributed by atoms with E-state index in [-0.39, 0.29) is 5.92 Å². The van der Waals surface area contributed by atoms with Crippen LogP contribution in [0.15, 0.2) is 47.7 Å². The molecule has 1 aliphatic rings. The lowest BCUT2D eigenvalue weighted by Crippen LogP contribution is -2.06. The fraction of sp³-hybridized carbons (Fsp3) is 0.312. The lowest BCUT2D eigenvalue weighted by molar-refractivity contribution is -0.105. The van der Waals surface area contributed by atoms with Crippen LogP contribution in [0.1, 0.15) is 24.8 Å². The summed E-state index contributed by atoms with van der Waals surface area (Å²) in [5.74, 6) is 1.74. The van der Waals surface area contributed by atoms with Gasteiger partial charge in [-0.25, -0.2) is 0 Å². The Morgan fingerprint density at radius 3 is 2.95 bits per heavy atom. The first-order valence-corrected chi connectivity index (χ1v) is 6.42. The van der Waals surface area contributed by atoms with Gasteiger partial charge >= 0.3 is 0 Å². The van der Waals surface area contributed by atoms with Crippen LogP contribution in [-0.4, -0.2) is 20.0 Å². The molecule has 19 heavy (non-hydrogen) atoms. The van der Waals surface area contributed by atoms with Crippen LogP contribution in [0.5, 0.6) is 5.75 Å². The number of benzene rings is 1. The predicted octanol–water partition coefficient (Wildman–Crippen LogP) is 3.23. The molecule has 1 aromatic carbocycles. The highest BCUT2D eigenvalue weighted by atomic mass is 16.5. The van der Waals surface area contributed by atoms with Gasteiger partial charge in [0, 0.05) is 5.92 Å². The molecule has 0 radical (unpaired) electrons. The Bertz CT molecular complexity index is 514. The van der Waals surface area contributed by atoms with Crippen LogP contribution in [0.2, 0.25) is 0 Å². The van der Waals surface area contributed by atoms with Crippen molar-refractivity contribution in [1.82, 2.24) is 0 Å². The van der Waals surface area contributed by atoms with Crippen molar-refractivity contribution in [3.63, 3.8) is 0 Å². The average molecular weight is 258 g/mol. The summed E-state index contributed by atoms with van der Waals surface area (Å²) < 4.78 is 10.8. The van der Waals surface area contributed by atoms with Gasteiger partial charge in [0.1, 0.15) is 11.5 Å². The third kappa shape index (κ3) is 3.05. The van der Waals surface area contributed by atoms with Crippen molar-refractivity contribution in [3.05, 3.63) is 53.3 Å². The molecule has 3 heteroatoms. The molecule has 0 heterocycles. The Kier molecular flexibility index (Phi) is 4.39. The molecule has 0 saturated heterocycles. The predicted molar refractivity (Wildman–Crippen MR) is 74.2 cm³/mol. The molecule has 0 fully saturated rings. The Morgan fingerprint density at radius 2 is 2.26 bits per heavy atom. The topological polar surface area (TPSA) is 35.5 Å². The molecule has 0 amide bonds. The first-order chi connectivity index (χ1) is 9.28. The number of carbonyl (C=O) groups excluding carboxylic acids is 1. The molecule has 1 aliphatic carbocycles. The molecular weight excluding hydrogens is 240 g/mol. The molecule has 0 spiro atoms. The Morgan fingerprint density at radius 1 is 1.42 bits per heavy atom. The van der Waals surface area contributed by atoms with E-state index < -0.39 is 0 Å². The highest BCUT2D eigenvalue weighted by molar-refractivity contribution is 5.79. The minimum absolute atomic E-state index is 0.221. The monoisotopic (exact) mass is 258 g/mol. The zero-order chi connectivity index (χ0) is 13.7. The summed E-state index contributed by atoms with van der Waals surface area (Å²) in [6.45, 7) is 2.62. The summed E-state index contributed by atoms with van der Waals surface area (Å²) in [4.78, 5) is 10.9. The van der Waals surface area contributed by atoms with Crippen LogP contribution >= 0.6 is 0 Å². The summed E-state index contributed by atoms with van der Waals surface area (Å²) >= 11 is 0. The van der Waals surface area contributed by atoms with Gasteiger partial charge in [0.15, 0.2) is 6.29 Å². The quantitative estimate of drug-likeness (QED) is 0.761. The van der Waals surface area contributed by atoms with E-state index in [1.807, 2.05) is 37.3 Å². The lowest BCUT2D eigenvalue weighted by atomic mass is 9.89. The number of hydrogen-bond donors (Lipinski definition) is 0. The Balaban J connectivity index is 2.24. The summed E-state index contributed by atoms with van der Waals surface area (Å²) in [5.41, 5.74) is 1.79. The maximum absolute atomic E-state index is 10.9. The van der Waals surface area contributed by atoms with E-state index in [1.54, 1.807) is 7.11 Å². The third-order valence-corrected chi connectivity index (χ3v) is 3.17. The normalized spacial score (nSPS) is 18.3. The van der Waals surface area contributed by atoms with E-state index in [1.165, 1.54) is 5.56 Å². The molecule has 2 rings (SSSR count). The van der Waals surface area contributed by atoms with E-state index in [2.05, 4.69) is 6.07 Å². The molecule has 100 valence electrons. The summed E-state index contributed by atoms with van der Waals surface area (Å²) in [7, 11) is 1.59. The fourth-order valence-corrected chi connectivity index (χ4v) is 2.23. The third-order valence-electron chi connectivity index (χ3n) is 3.17. The molecule has 1 aromatic rings. The first-order valence-electron chi connectivity index (χ1n) is 6.42. The van der Waals surface area contributed by atoms with Gasteiger partial charge in [0.05, 0.1) is 19.3 Å². The number of methoxy groups -OCH3 is 1. The largest absolute Gasteiger partial charge is 0.496 e. The van der Waals surface area contributed by atoms with Gasteiger partial charge in [0.2, 0.25) is 0 Å². The van der Waals surface area contributed by atoms with Gasteiger partial charge in [-0.15, -0.1) is 0 Å². The smallest absolute Gasteiger partial charge is 0.153 e. The van der Waals surface area contributed by atoms with E-state index in [0.29, 0.717) is 17.9 Å². The van der Waals surface area contributed by atoms with Crippen LogP contribution < -0.4 is 4.74 Å². The maximum Gasteiger partial charge on any atom is 0.153 e. The van der Waals surface area contributed by atoms with Crippen molar-refractivity contribution in [2.45, 2.75) is 19.3 Å². The average Bonchev–Trinajstić information content (AvgIpc) is 2.47. The van der Waals surface area contributed by atoms with Crippen molar-refractivity contribution < 1.29 is 14.3 Å². The maximum atomic E-state index is 10.9.